The highest BCUT2D eigenvalue weighted by Crippen LogP contribution is 2.44. The van der Waals surface area contributed by atoms with Crippen LogP contribution in [0.5, 0.6) is 0 Å². The van der Waals surface area contributed by atoms with Crippen LogP contribution in [0, 0.1) is 5.41 Å². The second-order valence-electron chi connectivity index (χ2n) is 5.90. The lowest BCUT2D eigenvalue weighted by molar-refractivity contribution is 0.0962. The minimum Gasteiger partial charge on any atom is -0.342 e. The van der Waals surface area contributed by atoms with Crippen LogP contribution in [0.4, 0.5) is 0 Å². The van der Waals surface area contributed by atoms with E-state index in [9.17, 15) is 0 Å². The maximum atomic E-state index is 5.59. The van der Waals surface area contributed by atoms with Crippen LogP contribution in [0.2, 0.25) is 0 Å². The molecule has 0 aromatic rings. The van der Waals surface area contributed by atoms with Crippen molar-refractivity contribution in [1.29, 1.82) is 0 Å². The zero-order valence-corrected chi connectivity index (χ0v) is 11.7. The van der Waals surface area contributed by atoms with Gasteiger partial charge in [0.25, 0.3) is 0 Å². The van der Waals surface area contributed by atoms with E-state index in [-0.39, 0.29) is 0 Å². The highest BCUT2D eigenvalue weighted by molar-refractivity contribution is 5.79. The van der Waals surface area contributed by atoms with Gasteiger partial charge in [0.1, 0.15) is 0 Å². The highest BCUT2D eigenvalue weighted by atomic mass is 15.4. The maximum Gasteiger partial charge on any atom is 0.208 e. The molecule has 1 heterocycles. The molecule has 0 unspecified atom stereocenters. The summed E-state index contributed by atoms with van der Waals surface area (Å²) in [5.41, 5.74) is 3.43. The molecular formula is C14H28N4. The van der Waals surface area contributed by atoms with Crippen molar-refractivity contribution in [2.24, 2.45) is 16.3 Å². The average Bonchev–Trinajstić information content (AvgIpc) is 2.43. The molecule has 1 saturated carbocycles. The number of hydrogen-bond donors (Lipinski definition) is 2. The Hall–Kier alpha value is -0.770. The minimum absolute atomic E-state index is 0.652. The molecule has 0 bridgehead atoms. The van der Waals surface area contributed by atoms with Gasteiger partial charge in [-0.25, -0.2) is 5.84 Å². The topological polar surface area (TPSA) is 53.6 Å². The van der Waals surface area contributed by atoms with Crippen LogP contribution in [0.25, 0.3) is 0 Å². The molecule has 2 fully saturated rings. The fourth-order valence-electron chi connectivity index (χ4n) is 3.45. The number of nitrogens with two attached hydrogens (primary N) is 1. The first-order valence-corrected chi connectivity index (χ1v) is 7.56. The molecule has 1 saturated heterocycles. The molecule has 2 rings (SSSR count). The van der Waals surface area contributed by atoms with Crippen molar-refractivity contribution >= 4 is 5.96 Å². The molecule has 4 nitrogen and oxygen atoms in total. The number of aliphatic imine (C=N–C) groups is 1. The fourth-order valence-corrected chi connectivity index (χ4v) is 3.45. The van der Waals surface area contributed by atoms with Crippen LogP contribution in [-0.2, 0) is 0 Å². The Morgan fingerprint density at radius 2 is 1.83 bits per heavy atom. The molecule has 1 aliphatic heterocycles. The molecule has 4 heteroatoms. The van der Waals surface area contributed by atoms with Crippen molar-refractivity contribution in [3.8, 4) is 0 Å². The van der Waals surface area contributed by atoms with Crippen LogP contribution < -0.4 is 11.3 Å². The molecule has 0 aromatic heterocycles. The number of nitrogens with one attached hydrogen (secondary N) is 1. The first kappa shape index (κ1) is 13.7. The van der Waals surface area contributed by atoms with Crippen molar-refractivity contribution in [3.63, 3.8) is 0 Å². The maximum absolute atomic E-state index is 5.59. The molecule has 18 heavy (non-hydrogen) atoms. The molecule has 2 aliphatic rings. The number of nitrogens with zero attached hydrogens (tertiary/aromatic N) is 2. The zero-order valence-electron chi connectivity index (χ0n) is 11.7. The summed E-state index contributed by atoms with van der Waals surface area (Å²) in [7, 11) is 0. The summed E-state index contributed by atoms with van der Waals surface area (Å²) >= 11 is 0. The van der Waals surface area contributed by atoms with Gasteiger partial charge in [0.2, 0.25) is 5.96 Å². The normalized spacial score (nSPS) is 24.3. The molecular weight excluding hydrogens is 224 g/mol. The van der Waals surface area contributed by atoms with Crippen LogP contribution in [-0.4, -0.2) is 30.5 Å². The van der Waals surface area contributed by atoms with Gasteiger partial charge in [-0.3, -0.25) is 10.4 Å². The first-order chi connectivity index (χ1) is 8.79. The monoisotopic (exact) mass is 252 g/mol. The minimum atomic E-state index is 0.652. The summed E-state index contributed by atoms with van der Waals surface area (Å²) in [5.74, 6) is 6.48. The molecule has 0 aromatic carbocycles. The number of hydrazine groups is 1. The standard InChI is InChI=1S/C14H28N4/c1-2-10-16-13(17-15)18-11-8-14(9-12-18)6-4-3-5-7-14/h2-12,15H2,1H3,(H,16,17). The number of guanidine groups is 1. The Labute approximate surface area is 111 Å². The predicted octanol–water partition coefficient (Wildman–Crippen LogP) is 2.26. The smallest absolute Gasteiger partial charge is 0.208 e. The third-order valence-electron chi connectivity index (χ3n) is 4.65. The van der Waals surface area contributed by atoms with Crippen molar-refractivity contribution in [3.05, 3.63) is 0 Å². The van der Waals surface area contributed by atoms with Gasteiger partial charge in [-0.1, -0.05) is 26.2 Å². The predicted molar refractivity (Wildman–Crippen MR) is 76.2 cm³/mol. The summed E-state index contributed by atoms with van der Waals surface area (Å²) in [6, 6.07) is 0. The Morgan fingerprint density at radius 3 is 2.39 bits per heavy atom. The molecule has 1 spiro atoms. The van der Waals surface area contributed by atoms with Crippen molar-refractivity contribution in [2.75, 3.05) is 19.6 Å². The quantitative estimate of drug-likeness (QED) is 0.343. The summed E-state index contributed by atoms with van der Waals surface area (Å²) in [6.07, 6.45) is 10.9. The molecule has 0 amide bonds. The van der Waals surface area contributed by atoms with Gasteiger partial charge in [-0.15, -0.1) is 0 Å². The van der Waals surface area contributed by atoms with Gasteiger partial charge in [0, 0.05) is 19.6 Å². The van der Waals surface area contributed by atoms with E-state index in [2.05, 4.69) is 22.2 Å². The Morgan fingerprint density at radius 1 is 1.17 bits per heavy atom. The Kier molecular flexibility index (Phi) is 4.87. The van der Waals surface area contributed by atoms with E-state index in [0.29, 0.717) is 5.41 Å². The molecule has 3 N–H and O–H groups in total. The van der Waals surface area contributed by atoms with Crippen LogP contribution in [0.15, 0.2) is 4.99 Å². The third kappa shape index (κ3) is 3.16. The van der Waals surface area contributed by atoms with Crippen molar-refractivity contribution < 1.29 is 0 Å². The molecule has 104 valence electrons. The van der Waals surface area contributed by atoms with Gasteiger partial charge in [-0.05, 0) is 37.5 Å². The Balaban J connectivity index is 1.88. The van der Waals surface area contributed by atoms with Gasteiger partial charge in [0.05, 0.1) is 0 Å². The second-order valence-corrected chi connectivity index (χ2v) is 5.90. The largest absolute Gasteiger partial charge is 0.342 e. The summed E-state index contributed by atoms with van der Waals surface area (Å²) in [6.45, 7) is 5.24. The van der Waals surface area contributed by atoms with Gasteiger partial charge in [0.15, 0.2) is 0 Å². The van der Waals surface area contributed by atoms with Crippen LogP contribution in [0.3, 0.4) is 0 Å². The third-order valence-corrected chi connectivity index (χ3v) is 4.65. The number of rotatable bonds is 2. The summed E-state index contributed by atoms with van der Waals surface area (Å²) in [4.78, 5) is 6.85. The van der Waals surface area contributed by atoms with E-state index in [1.165, 1.54) is 44.9 Å². The SMILES string of the molecule is CCCN=C(NN)N1CCC2(CCCCC2)CC1. The molecule has 0 atom stereocenters. The van der Waals surface area contributed by atoms with Crippen LogP contribution >= 0.6 is 0 Å². The van der Waals surface area contributed by atoms with E-state index in [4.69, 9.17) is 5.84 Å². The van der Waals surface area contributed by atoms with E-state index in [0.717, 1.165) is 32.0 Å². The van der Waals surface area contributed by atoms with Crippen molar-refractivity contribution in [1.82, 2.24) is 10.3 Å². The lowest BCUT2D eigenvalue weighted by atomic mass is 9.68. The number of hydrogen-bond acceptors (Lipinski definition) is 2. The summed E-state index contributed by atoms with van der Waals surface area (Å²) in [5, 5.41) is 0. The van der Waals surface area contributed by atoms with Gasteiger partial charge in [-0.2, -0.15) is 0 Å². The van der Waals surface area contributed by atoms with Crippen molar-refractivity contribution in [2.45, 2.75) is 58.3 Å². The lowest BCUT2D eigenvalue weighted by Crippen LogP contribution is -2.50. The first-order valence-electron chi connectivity index (χ1n) is 7.56. The Bertz CT molecular complexity index is 272. The van der Waals surface area contributed by atoms with Gasteiger partial charge >= 0.3 is 0 Å². The van der Waals surface area contributed by atoms with Gasteiger partial charge < -0.3 is 4.90 Å². The van der Waals surface area contributed by atoms with E-state index < -0.39 is 0 Å². The van der Waals surface area contributed by atoms with E-state index in [1.807, 2.05) is 0 Å². The van der Waals surface area contributed by atoms with E-state index >= 15 is 0 Å². The van der Waals surface area contributed by atoms with Crippen LogP contribution in [0.1, 0.15) is 58.3 Å². The van der Waals surface area contributed by atoms with E-state index in [1.54, 1.807) is 0 Å². The average molecular weight is 252 g/mol. The fraction of sp³-hybridized carbons (Fsp3) is 0.929. The second kappa shape index (κ2) is 6.41. The number of piperidine rings is 1. The zero-order chi connectivity index (χ0) is 12.8. The highest BCUT2D eigenvalue weighted by Gasteiger charge is 2.36. The number of likely N-dealkylation sites (tertiary alicyclic amines) is 1. The summed E-state index contributed by atoms with van der Waals surface area (Å²) < 4.78 is 0. The molecule has 1 aliphatic carbocycles. The lowest BCUT2D eigenvalue weighted by Gasteiger charge is -2.44. The molecule has 0 radical (unpaired) electrons.